The lowest BCUT2D eigenvalue weighted by Gasteiger charge is -2.10. The standard InChI is InChI=1S/C21H14F2N6/c22-11-12-5-1-2-6-13(12)19-25-16-9-4-10-24-18(16)21(26-19)27-20-14-7-3-8-15(23)17(14)28-29-20/h1-10H,11H2,(H2,25,26,27,28,29). The predicted molar refractivity (Wildman–Crippen MR) is 107 cm³/mol. The number of H-pyrrole nitrogens is 1. The number of hydrogen-bond acceptors (Lipinski definition) is 5. The minimum Gasteiger partial charge on any atom is -0.321 e. The summed E-state index contributed by atoms with van der Waals surface area (Å²) in [5.41, 5.74) is 2.52. The molecule has 0 radical (unpaired) electrons. The van der Waals surface area contributed by atoms with Crippen LogP contribution in [-0.4, -0.2) is 25.1 Å². The van der Waals surface area contributed by atoms with Crippen molar-refractivity contribution in [1.82, 2.24) is 25.1 Å². The summed E-state index contributed by atoms with van der Waals surface area (Å²) < 4.78 is 27.5. The molecule has 2 aromatic carbocycles. The molecule has 0 bridgehead atoms. The van der Waals surface area contributed by atoms with E-state index in [9.17, 15) is 8.78 Å². The van der Waals surface area contributed by atoms with Gasteiger partial charge in [0.05, 0.1) is 5.52 Å². The molecular weight excluding hydrogens is 374 g/mol. The van der Waals surface area contributed by atoms with Crippen molar-refractivity contribution in [1.29, 1.82) is 0 Å². The summed E-state index contributed by atoms with van der Waals surface area (Å²) in [4.78, 5) is 13.5. The lowest BCUT2D eigenvalue weighted by Crippen LogP contribution is -2.02. The second kappa shape index (κ2) is 6.90. The Morgan fingerprint density at radius 3 is 2.72 bits per heavy atom. The zero-order valence-electron chi connectivity index (χ0n) is 15.0. The maximum Gasteiger partial charge on any atom is 0.162 e. The fraction of sp³-hybridized carbons (Fsp3) is 0.0476. The first-order valence-corrected chi connectivity index (χ1v) is 8.91. The first kappa shape index (κ1) is 17.2. The van der Waals surface area contributed by atoms with Gasteiger partial charge in [-0.05, 0) is 29.8 Å². The van der Waals surface area contributed by atoms with Crippen LogP contribution >= 0.6 is 0 Å². The molecule has 0 saturated carbocycles. The predicted octanol–water partition coefficient (Wildman–Crippen LogP) is 4.92. The Bertz CT molecular complexity index is 1350. The van der Waals surface area contributed by atoms with Gasteiger partial charge in [0.1, 0.15) is 23.5 Å². The monoisotopic (exact) mass is 388 g/mol. The van der Waals surface area contributed by atoms with E-state index in [1.807, 2.05) is 6.07 Å². The van der Waals surface area contributed by atoms with Crippen molar-refractivity contribution >= 4 is 33.6 Å². The van der Waals surface area contributed by atoms with E-state index in [-0.39, 0.29) is 0 Å². The van der Waals surface area contributed by atoms with Crippen LogP contribution in [0.3, 0.4) is 0 Å². The second-order valence-corrected chi connectivity index (χ2v) is 6.42. The number of halogens is 2. The number of alkyl halides is 1. The third-order valence-electron chi connectivity index (χ3n) is 4.64. The van der Waals surface area contributed by atoms with Gasteiger partial charge in [0.25, 0.3) is 0 Å². The highest BCUT2D eigenvalue weighted by Crippen LogP contribution is 2.30. The van der Waals surface area contributed by atoms with E-state index in [0.717, 1.165) is 0 Å². The molecular formula is C21H14F2N6. The van der Waals surface area contributed by atoms with E-state index in [0.29, 0.717) is 50.5 Å². The lowest BCUT2D eigenvalue weighted by molar-refractivity contribution is 0.486. The second-order valence-electron chi connectivity index (χ2n) is 6.42. The van der Waals surface area contributed by atoms with Crippen LogP contribution < -0.4 is 5.32 Å². The van der Waals surface area contributed by atoms with Crippen LogP contribution in [-0.2, 0) is 6.67 Å². The number of anilines is 2. The molecule has 5 aromatic rings. The Morgan fingerprint density at radius 1 is 0.931 bits per heavy atom. The number of hydrogen-bond donors (Lipinski definition) is 2. The summed E-state index contributed by atoms with van der Waals surface area (Å²) >= 11 is 0. The van der Waals surface area contributed by atoms with Crippen LogP contribution in [0.4, 0.5) is 20.4 Å². The quantitative estimate of drug-likeness (QED) is 0.457. The normalized spacial score (nSPS) is 11.2. The number of benzene rings is 2. The number of aromatic amines is 1. The zero-order chi connectivity index (χ0) is 19.8. The van der Waals surface area contributed by atoms with Crippen molar-refractivity contribution in [3.63, 3.8) is 0 Å². The highest BCUT2D eigenvalue weighted by molar-refractivity contribution is 5.95. The topological polar surface area (TPSA) is 79.4 Å². The van der Waals surface area contributed by atoms with Crippen molar-refractivity contribution in [2.24, 2.45) is 0 Å². The molecule has 29 heavy (non-hydrogen) atoms. The SMILES string of the molecule is FCc1ccccc1-c1nc(Nc2n[nH]c3c(F)cccc23)c2ncccc2n1. The van der Waals surface area contributed by atoms with Gasteiger partial charge >= 0.3 is 0 Å². The highest BCUT2D eigenvalue weighted by atomic mass is 19.1. The van der Waals surface area contributed by atoms with Crippen LogP contribution in [0.1, 0.15) is 5.56 Å². The number of fused-ring (bicyclic) bond motifs is 2. The molecule has 0 saturated heterocycles. The fourth-order valence-electron chi connectivity index (χ4n) is 3.24. The van der Waals surface area contributed by atoms with Gasteiger partial charge in [-0.3, -0.25) is 10.1 Å². The lowest BCUT2D eigenvalue weighted by atomic mass is 10.1. The van der Waals surface area contributed by atoms with Crippen molar-refractivity contribution in [2.45, 2.75) is 6.67 Å². The van der Waals surface area contributed by atoms with Crippen LogP contribution in [0.15, 0.2) is 60.8 Å². The molecule has 5 rings (SSSR count). The Balaban J connectivity index is 1.69. The van der Waals surface area contributed by atoms with E-state index in [1.54, 1.807) is 48.7 Å². The van der Waals surface area contributed by atoms with E-state index in [4.69, 9.17) is 0 Å². The van der Waals surface area contributed by atoms with Crippen LogP contribution in [0.2, 0.25) is 0 Å². The molecule has 0 fully saturated rings. The van der Waals surface area contributed by atoms with Gasteiger partial charge in [-0.1, -0.05) is 30.3 Å². The molecule has 0 unspecified atom stereocenters. The molecule has 142 valence electrons. The third kappa shape index (κ3) is 2.94. The Hall–Kier alpha value is -3.94. The van der Waals surface area contributed by atoms with Gasteiger partial charge < -0.3 is 5.32 Å². The largest absolute Gasteiger partial charge is 0.321 e. The molecule has 0 aliphatic rings. The van der Waals surface area contributed by atoms with Gasteiger partial charge in [-0.15, -0.1) is 0 Å². The summed E-state index contributed by atoms with van der Waals surface area (Å²) in [6, 6.07) is 15.3. The van der Waals surface area contributed by atoms with Crippen LogP contribution in [0, 0.1) is 5.82 Å². The average molecular weight is 388 g/mol. The van der Waals surface area contributed by atoms with Crippen molar-refractivity contribution in [3.8, 4) is 11.4 Å². The van der Waals surface area contributed by atoms with Crippen LogP contribution in [0.5, 0.6) is 0 Å². The number of pyridine rings is 1. The van der Waals surface area contributed by atoms with Crippen molar-refractivity contribution in [2.75, 3.05) is 5.32 Å². The van der Waals surface area contributed by atoms with E-state index in [1.165, 1.54) is 6.07 Å². The number of rotatable bonds is 4. The molecule has 8 heteroatoms. The molecule has 0 aliphatic heterocycles. The molecule has 3 heterocycles. The fourth-order valence-corrected chi connectivity index (χ4v) is 3.24. The molecule has 3 aromatic heterocycles. The Labute approximate surface area is 163 Å². The number of nitrogens with one attached hydrogen (secondary N) is 2. The maximum atomic E-state index is 14.0. The van der Waals surface area contributed by atoms with Gasteiger partial charge in [0, 0.05) is 17.1 Å². The smallest absolute Gasteiger partial charge is 0.162 e. The molecule has 0 aliphatic carbocycles. The van der Waals surface area contributed by atoms with E-state index >= 15 is 0 Å². The van der Waals surface area contributed by atoms with Crippen molar-refractivity contribution in [3.05, 3.63) is 72.2 Å². The summed E-state index contributed by atoms with van der Waals surface area (Å²) in [6.45, 7) is -0.628. The van der Waals surface area contributed by atoms with Gasteiger partial charge in [-0.2, -0.15) is 5.10 Å². The number of nitrogens with zero attached hydrogens (tertiary/aromatic N) is 4. The number of para-hydroxylation sites is 1. The minimum atomic E-state index is -0.628. The molecule has 6 nitrogen and oxygen atoms in total. The van der Waals surface area contributed by atoms with Gasteiger partial charge in [-0.25, -0.2) is 18.7 Å². The van der Waals surface area contributed by atoms with Crippen molar-refractivity contribution < 1.29 is 8.78 Å². The first-order valence-electron chi connectivity index (χ1n) is 8.91. The average Bonchev–Trinajstić information content (AvgIpc) is 3.18. The molecule has 0 amide bonds. The van der Waals surface area contributed by atoms with Crippen LogP contribution in [0.25, 0.3) is 33.3 Å². The van der Waals surface area contributed by atoms with E-state index in [2.05, 4.69) is 30.5 Å². The first-order chi connectivity index (χ1) is 14.2. The van der Waals surface area contributed by atoms with E-state index < -0.39 is 12.5 Å². The molecule has 0 atom stereocenters. The molecule has 0 spiro atoms. The highest BCUT2D eigenvalue weighted by Gasteiger charge is 2.16. The Morgan fingerprint density at radius 2 is 1.83 bits per heavy atom. The number of aromatic nitrogens is 5. The summed E-state index contributed by atoms with van der Waals surface area (Å²) in [5.74, 6) is 0.783. The minimum absolute atomic E-state index is 0.296. The Kier molecular flexibility index (Phi) is 4.09. The summed E-state index contributed by atoms with van der Waals surface area (Å²) in [6.07, 6.45) is 1.63. The summed E-state index contributed by atoms with van der Waals surface area (Å²) in [5, 5.41) is 10.6. The zero-order valence-corrected chi connectivity index (χ0v) is 15.0. The van der Waals surface area contributed by atoms with Gasteiger partial charge in [0.15, 0.2) is 17.5 Å². The maximum absolute atomic E-state index is 14.0. The summed E-state index contributed by atoms with van der Waals surface area (Å²) in [7, 11) is 0. The van der Waals surface area contributed by atoms with Gasteiger partial charge in [0.2, 0.25) is 0 Å². The third-order valence-corrected chi connectivity index (χ3v) is 4.64. The molecule has 2 N–H and O–H groups in total.